The summed E-state index contributed by atoms with van der Waals surface area (Å²) in [7, 11) is 1.54. The number of hydrogen-bond donors (Lipinski definition) is 0. The minimum Gasteiger partial charge on any atom is -0.618 e. The highest BCUT2D eigenvalue weighted by atomic mass is 19.1. The van der Waals surface area contributed by atoms with Crippen LogP contribution in [0.25, 0.3) is 28.1 Å². The molecule has 0 unspecified atom stereocenters. The van der Waals surface area contributed by atoms with Crippen LogP contribution in [0, 0.1) is 17.9 Å². The second-order valence-corrected chi connectivity index (χ2v) is 6.44. The summed E-state index contributed by atoms with van der Waals surface area (Å²) in [4.78, 5) is 8.68. The van der Waals surface area contributed by atoms with Gasteiger partial charge in [-0.25, -0.2) is 4.98 Å². The standard InChI is InChI=1S/C17H16FN5O3/c1-9-13-12(15-20-16(26-21-15)17(2,3)25-4)19-8-22(13)11-7-5-6-10(18)14(11)23(9)24/h5-8H,1-4H3. The lowest BCUT2D eigenvalue weighted by molar-refractivity contribution is -0.584. The number of imidazole rings is 1. The summed E-state index contributed by atoms with van der Waals surface area (Å²) in [6.07, 6.45) is 1.51. The van der Waals surface area contributed by atoms with Gasteiger partial charge in [0.2, 0.25) is 11.5 Å². The maximum Gasteiger partial charge on any atom is 0.277 e. The van der Waals surface area contributed by atoms with Crippen molar-refractivity contribution in [2.24, 2.45) is 0 Å². The maximum absolute atomic E-state index is 14.2. The van der Waals surface area contributed by atoms with Gasteiger partial charge in [0.25, 0.3) is 11.4 Å². The highest BCUT2D eigenvalue weighted by Crippen LogP contribution is 2.29. The van der Waals surface area contributed by atoms with Crippen molar-refractivity contribution in [3.63, 3.8) is 0 Å². The van der Waals surface area contributed by atoms with E-state index in [9.17, 15) is 9.60 Å². The summed E-state index contributed by atoms with van der Waals surface area (Å²) >= 11 is 0. The summed E-state index contributed by atoms with van der Waals surface area (Å²) < 4.78 is 27.0. The molecule has 26 heavy (non-hydrogen) atoms. The first-order chi connectivity index (χ1) is 12.3. The molecule has 0 amide bonds. The van der Waals surface area contributed by atoms with Crippen molar-refractivity contribution in [3.8, 4) is 11.5 Å². The largest absolute Gasteiger partial charge is 0.618 e. The summed E-state index contributed by atoms with van der Waals surface area (Å²) in [6.45, 7) is 5.19. The highest BCUT2D eigenvalue weighted by Gasteiger charge is 2.30. The number of nitrogens with zero attached hydrogens (tertiary/aromatic N) is 5. The molecule has 0 spiro atoms. The number of aryl methyl sites for hydroxylation is 1. The molecule has 0 saturated heterocycles. The number of aromatic nitrogens is 5. The van der Waals surface area contributed by atoms with E-state index >= 15 is 0 Å². The molecule has 0 radical (unpaired) electrons. The van der Waals surface area contributed by atoms with E-state index in [0.29, 0.717) is 21.5 Å². The molecule has 0 saturated carbocycles. The lowest BCUT2D eigenvalue weighted by atomic mass is 10.1. The van der Waals surface area contributed by atoms with E-state index in [2.05, 4.69) is 15.1 Å². The molecule has 1 aromatic carbocycles. The van der Waals surface area contributed by atoms with Crippen LogP contribution in [0.5, 0.6) is 0 Å². The fraction of sp³-hybridized carbons (Fsp3) is 0.294. The quantitative estimate of drug-likeness (QED) is 0.413. The lowest BCUT2D eigenvalue weighted by Gasteiger charge is -2.16. The zero-order chi connectivity index (χ0) is 18.6. The summed E-state index contributed by atoms with van der Waals surface area (Å²) in [5, 5.41) is 16.6. The Kier molecular flexibility index (Phi) is 3.45. The van der Waals surface area contributed by atoms with Gasteiger partial charge in [-0.3, -0.25) is 4.40 Å². The Hall–Kier alpha value is -3.07. The number of para-hydroxylation sites is 1. The number of hydrogen-bond acceptors (Lipinski definition) is 6. The Bertz CT molecular complexity index is 1150. The minimum absolute atomic E-state index is 0.0456. The van der Waals surface area contributed by atoms with Gasteiger partial charge in [0.1, 0.15) is 28.7 Å². The Balaban J connectivity index is 2.01. The zero-order valence-corrected chi connectivity index (χ0v) is 14.6. The van der Waals surface area contributed by atoms with Crippen LogP contribution in [0.15, 0.2) is 29.0 Å². The van der Waals surface area contributed by atoms with E-state index < -0.39 is 11.4 Å². The van der Waals surface area contributed by atoms with Crippen LogP contribution >= 0.6 is 0 Å². The van der Waals surface area contributed by atoms with Crippen LogP contribution in [-0.4, -0.2) is 26.6 Å². The molecule has 0 atom stereocenters. The molecule has 8 nitrogen and oxygen atoms in total. The zero-order valence-electron chi connectivity index (χ0n) is 14.6. The van der Waals surface area contributed by atoms with Crippen molar-refractivity contribution >= 4 is 16.6 Å². The molecule has 4 aromatic rings. The third-order valence-electron chi connectivity index (χ3n) is 4.51. The third kappa shape index (κ3) is 2.17. The molecule has 0 N–H and O–H groups in total. The van der Waals surface area contributed by atoms with E-state index in [1.165, 1.54) is 12.4 Å². The van der Waals surface area contributed by atoms with Crippen molar-refractivity contribution in [1.82, 2.24) is 19.5 Å². The van der Waals surface area contributed by atoms with Crippen molar-refractivity contribution < 1.29 is 18.4 Å². The Morgan fingerprint density at radius 1 is 1.35 bits per heavy atom. The van der Waals surface area contributed by atoms with Gasteiger partial charge in [-0.15, -0.1) is 0 Å². The molecule has 3 aromatic heterocycles. The summed E-state index contributed by atoms with van der Waals surface area (Å²) in [6, 6.07) is 4.44. The third-order valence-corrected chi connectivity index (χ3v) is 4.51. The molecule has 4 rings (SSSR count). The molecular formula is C17H16FN5O3. The van der Waals surface area contributed by atoms with Crippen LogP contribution < -0.4 is 4.73 Å². The van der Waals surface area contributed by atoms with Gasteiger partial charge in [0.05, 0.1) is 0 Å². The average molecular weight is 357 g/mol. The monoisotopic (exact) mass is 357 g/mol. The number of benzene rings is 1. The maximum atomic E-state index is 14.2. The number of methoxy groups -OCH3 is 1. The fourth-order valence-corrected chi connectivity index (χ4v) is 2.86. The first-order valence-electron chi connectivity index (χ1n) is 7.92. The van der Waals surface area contributed by atoms with E-state index in [1.54, 1.807) is 44.4 Å². The van der Waals surface area contributed by atoms with E-state index in [-0.39, 0.29) is 22.9 Å². The van der Waals surface area contributed by atoms with Gasteiger partial charge < -0.3 is 14.5 Å². The predicted molar refractivity (Wildman–Crippen MR) is 89.7 cm³/mol. The van der Waals surface area contributed by atoms with Crippen LogP contribution in [0.1, 0.15) is 25.4 Å². The van der Waals surface area contributed by atoms with Gasteiger partial charge >= 0.3 is 0 Å². The van der Waals surface area contributed by atoms with Gasteiger partial charge in [-0.05, 0) is 26.0 Å². The van der Waals surface area contributed by atoms with Crippen molar-refractivity contribution in [2.75, 3.05) is 7.11 Å². The van der Waals surface area contributed by atoms with Crippen LogP contribution in [-0.2, 0) is 10.3 Å². The van der Waals surface area contributed by atoms with Gasteiger partial charge in [0, 0.05) is 14.0 Å². The Labute approximate surface area is 147 Å². The first kappa shape index (κ1) is 16.4. The normalized spacial score (nSPS) is 12.3. The molecule has 0 aliphatic carbocycles. The molecule has 3 heterocycles. The first-order valence-corrected chi connectivity index (χ1v) is 7.92. The van der Waals surface area contributed by atoms with Crippen molar-refractivity contribution in [3.05, 3.63) is 47.1 Å². The van der Waals surface area contributed by atoms with Crippen LogP contribution in [0.3, 0.4) is 0 Å². The highest BCUT2D eigenvalue weighted by molar-refractivity contribution is 5.82. The van der Waals surface area contributed by atoms with Crippen LogP contribution in [0.2, 0.25) is 0 Å². The Morgan fingerprint density at radius 3 is 2.85 bits per heavy atom. The SMILES string of the molecule is COC(C)(C)c1nc(-c2ncn3c2c(C)[n+]([O-])c2c(F)cccc23)no1. The molecule has 0 aliphatic heterocycles. The molecule has 0 bridgehead atoms. The minimum atomic E-state index is -0.760. The van der Waals surface area contributed by atoms with E-state index in [1.807, 2.05) is 0 Å². The lowest BCUT2D eigenvalue weighted by Crippen LogP contribution is -2.33. The summed E-state index contributed by atoms with van der Waals surface area (Å²) in [5.41, 5.74) is 0.744. The molecule has 9 heteroatoms. The topological polar surface area (TPSA) is 92.4 Å². The number of fused-ring (bicyclic) bond motifs is 3. The number of ether oxygens (including phenoxy) is 1. The van der Waals surface area contributed by atoms with Crippen LogP contribution in [0.4, 0.5) is 4.39 Å². The molecular weight excluding hydrogens is 341 g/mol. The number of rotatable bonds is 3. The van der Waals surface area contributed by atoms with Gasteiger partial charge in [-0.2, -0.15) is 14.1 Å². The fourth-order valence-electron chi connectivity index (χ4n) is 2.86. The van der Waals surface area contributed by atoms with Gasteiger partial charge in [0.15, 0.2) is 5.82 Å². The second-order valence-electron chi connectivity index (χ2n) is 6.44. The smallest absolute Gasteiger partial charge is 0.277 e. The molecule has 0 fully saturated rings. The van der Waals surface area contributed by atoms with Gasteiger partial charge in [-0.1, -0.05) is 11.2 Å². The van der Waals surface area contributed by atoms with E-state index in [0.717, 1.165) is 0 Å². The van der Waals surface area contributed by atoms with E-state index in [4.69, 9.17) is 9.26 Å². The number of halogens is 1. The second kappa shape index (κ2) is 5.46. The average Bonchev–Trinajstić information content (AvgIpc) is 3.26. The van der Waals surface area contributed by atoms with Crippen molar-refractivity contribution in [2.45, 2.75) is 26.4 Å². The van der Waals surface area contributed by atoms with Crippen molar-refractivity contribution in [1.29, 1.82) is 0 Å². The summed E-state index contributed by atoms with van der Waals surface area (Å²) in [5.74, 6) is -0.0800. The molecule has 0 aliphatic rings. The predicted octanol–water partition coefficient (Wildman–Crippen LogP) is 2.50. The Morgan fingerprint density at radius 2 is 2.12 bits per heavy atom. The molecule has 134 valence electrons.